The number of carbonyl (C=O) groups excluding carboxylic acids is 1. The van der Waals surface area contributed by atoms with Crippen LogP contribution in [-0.4, -0.2) is 15.3 Å². The summed E-state index contributed by atoms with van der Waals surface area (Å²) in [4.78, 5) is 28.6. The van der Waals surface area contributed by atoms with E-state index in [0.29, 0.717) is 5.65 Å². The summed E-state index contributed by atoms with van der Waals surface area (Å²) in [5, 5.41) is 2.31. The zero-order valence-corrected chi connectivity index (χ0v) is 13.0. The lowest BCUT2D eigenvalue weighted by atomic mass is 10.1. The third kappa shape index (κ3) is 3.23. The van der Waals surface area contributed by atoms with Crippen molar-refractivity contribution < 1.29 is 18.0 Å². The SMILES string of the molecule is Cc1ccc(NC(=O)c2cnc3ccccn3c2=O)cc1C(F)(F)F. The first-order chi connectivity index (χ1) is 11.8. The predicted octanol–water partition coefficient (Wildman–Crippen LogP) is 3.27. The molecular formula is C17H12F3N3O2. The second kappa shape index (κ2) is 6.04. The third-order valence-corrected chi connectivity index (χ3v) is 3.66. The van der Waals surface area contributed by atoms with E-state index < -0.39 is 23.2 Å². The van der Waals surface area contributed by atoms with Gasteiger partial charge in [0.05, 0.1) is 5.56 Å². The summed E-state index contributed by atoms with van der Waals surface area (Å²) in [5.74, 6) is -0.826. The highest BCUT2D eigenvalue weighted by Gasteiger charge is 2.32. The molecule has 0 aliphatic carbocycles. The van der Waals surface area contributed by atoms with Gasteiger partial charge in [0.2, 0.25) is 0 Å². The van der Waals surface area contributed by atoms with Gasteiger partial charge < -0.3 is 5.32 Å². The topological polar surface area (TPSA) is 63.5 Å². The van der Waals surface area contributed by atoms with Gasteiger partial charge in [0.1, 0.15) is 11.2 Å². The Morgan fingerprint density at radius 1 is 1.20 bits per heavy atom. The van der Waals surface area contributed by atoms with E-state index in [2.05, 4.69) is 10.3 Å². The quantitative estimate of drug-likeness (QED) is 0.774. The molecule has 2 heterocycles. The second-order valence-electron chi connectivity index (χ2n) is 5.39. The minimum Gasteiger partial charge on any atom is -0.322 e. The summed E-state index contributed by atoms with van der Waals surface area (Å²) in [7, 11) is 0. The Morgan fingerprint density at radius 2 is 1.96 bits per heavy atom. The molecule has 5 nitrogen and oxygen atoms in total. The van der Waals surface area contributed by atoms with E-state index in [1.54, 1.807) is 18.2 Å². The maximum absolute atomic E-state index is 13.0. The smallest absolute Gasteiger partial charge is 0.322 e. The molecule has 0 bridgehead atoms. The average molecular weight is 347 g/mol. The van der Waals surface area contributed by atoms with Crippen LogP contribution in [0.25, 0.3) is 5.65 Å². The summed E-state index contributed by atoms with van der Waals surface area (Å²) < 4.78 is 40.0. The van der Waals surface area contributed by atoms with Gasteiger partial charge in [-0.3, -0.25) is 14.0 Å². The first-order valence-electron chi connectivity index (χ1n) is 7.23. The zero-order chi connectivity index (χ0) is 18.2. The van der Waals surface area contributed by atoms with Crippen LogP contribution in [0.15, 0.2) is 53.6 Å². The number of benzene rings is 1. The van der Waals surface area contributed by atoms with Crippen LogP contribution >= 0.6 is 0 Å². The van der Waals surface area contributed by atoms with Gasteiger partial charge in [-0.1, -0.05) is 12.1 Å². The van der Waals surface area contributed by atoms with E-state index in [9.17, 15) is 22.8 Å². The fourth-order valence-electron chi connectivity index (χ4n) is 2.39. The molecule has 1 amide bonds. The number of aryl methyl sites for hydroxylation is 1. The van der Waals surface area contributed by atoms with Gasteiger partial charge in [0, 0.05) is 18.1 Å². The molecule has 3 rings (SSSR count). The molecule has 0 spiro atoms. The number of amides is 1. The van der Waals surface area contributed by atoms with Gasteiger partial charge in [-0.2, -0.15) is 13.2 Å². The Balaban J connectivity index is 1.96. The van der Waals surface area contributed by atoms with E-state index in [1.165, 1.54) is 29.7 Å². The number of alkyl halides is 3. The fourth-order valence-corrected chi connectivity index (χ4v) is 2.39. The molecule has 0 fully saturated rings. The Kier molecular flexibility index (Phi) is 4.03. The molecule has 1 N–H and O–H groups in total. The zero-order valence-electron chi connectivity index (χ0n) is 13.0. The molecule has 128 valence electrons. The van der Waals surface area contributed by atoms with Crippen molar-refractivity contribution in [2.45, 2.75) is 13.1 Å². The number of nitrogens with one attached hydrogen (secondary N) is 1. The summed E-state index contributed by atoms with van der Waals surface area (Å²) in [5.41, 5.74) is -1.38. The van der Waals surface area contributed by atoms with Crippen molar-refractivity contribution in [3.63, 3.8) is 0 Å². The standard InChI is InChI=1S/C17H12F3N3O2/c1-10-5-6-11(8-13(10)17(18,19)20)22-15(24)12-9-21-14-4-2-3-7-23(14)16(12)25/h2-9H,1H3,(H,22,24). The van der Waals surface area contributed by atoms with Crippen LogP contribution in [0, 0.1) is 6.92 Å². The van der Waals surface area contributed by atoms with Gasteiger partial charge in [-0.25, -0.2) is 4.98 Å². The van der Waals surface area contributed by atoms with Crippen molar-refractivity contribution in [3.8, 4) is 0 Å². The molecule has 0 saturated heterocycles. The maximum Gasteiger partial charge on any atom is 0.416 e. The fraction of sp³-hybridized carbons (Fsp3) is 0.118. The summed E-state index contributed by atoms with van der Waals surface area (Å²) in [6.07, 6.45) is -1.98. The van der Waals surface area contributed by atoms with Crippen LogP contribution in [0.5, 0.6) is 0 Å². The van der Waals surface area contributed by atoms with Gasteiger partial charge in [0.25, 0.3) is 11.5 Å². The molecule has 0 atom stereocenters. The van der Waals surface area contributed by atoms with Gasteiger partial charge in [0.15, 0.2) is 0 Å². The second-order valence-corrected chi connectivity index (χ2v) is 5.39. The van der Waals surface area contributed by atoms with Crippen LogP contribution < -0.4 is 10.9 Å². The lowest BCUT2D eigenvalue weighted by Gasteiger charge is -2.12. The van der Waals surface area contributed by atoms with Gasteiger partial charge >= 0.3 is 6.18 Å². The lowest BCUT2D eigenvalue weighted by molar-refractivity contribution is -0.138. The molecule has 25 heavy (non-hydrogen) atoms. The summed E-state index contributed by atoms with van der Waals surface area (Å²) >= 11 is 0. The highest BCUT2D eigenvalue weighted by Crippen LogP contribution is 2.33. The number of halogens is 3. The Labute approximate surface area is 139 Å². The maximum atomic E-state index is 13.0. The van der Waals surface area contributed by atoms with Crippen LogP contribution in [0.2, 0.25) is 0 Å². The number of carbonyl (C=O) groups is 1. The molecule has 0 unspecified atom stereocenters. The summed E-state index contributed by atoms with van der Waals surface area (Å²) in [6, 6.07) is 8.32. The lowest BCUT2D eigenvalue weighted by Crippen LogP contribution is -2.26. The van der Waals surface area contributed by atoms with Gasteiger partial charge in [-0.05, 0) is 36.8 Å². The van der Waals surface area contributed by atoms with Crippen molar-refractivity contribution in [2.24, 2.45) is 0 Å². The van der Waals surface area contributed by atoms with Crippen LogP contribution in [-0.2, 0) is 6.18 Å². The average Bonchev–Trinajstić information content (AvgIpc) is 2.56. The van der Waals surface area contributed by atoms with Crippen LogP contribution in [0.3, 0.4) is 0 Å². The molecule has 1 aromatic carbocycles. The van der Waals surface area contributed by atoms with Crippen LogP contribution in [0.4, 0.5) is 18.9 Å². The first kappa shape index (κ1) is 16.7. The van der Waals surface area contributed by atoms with E-state index in [1.807, 2.05) is 0 Å². The number of fused-ring (bicyclic) bond motifs is 1. The molecule has 8 heteroatoms. The molecule has 0 aliphatic rings. The first-order valence-corrected chi connectivity index (χ1v) is 7.23. The molecule has 0 radical (unpaired) electrons. The molecule has 3 aromatic rings. The molecular weight excluding hydrogens is 335 g/mol. The molecule has 0 aliphatic heterocycles. The number of rotatable bonds is 2. The Bertz CT molecular complexity index is 1030. The normalized spacial score (nSPS) is 11.5. The van der Waals surface area contributed by atoms with Crippen molar-refractivity contribution in [2.75, 3.05) is 5.32 Å². The number of anilines is 1. The largest absolute Gasteiger partial charge is 0.416 e. The van der Waals surface area contributed by atoms with E-state index in [-0.39, 0.29) is 16.8 Å². The monoisotopic (exact) mass is 347 g/mol. The van der Waals surface area contributed by atoms with Crippen molar-refractivity contribution in [1.29, 1.82) is 0 Å². The van der Waals surface area contributed by atoms with Gasteiger partial charge in [-0.15, -0.1) is 0 Å². The van der Waals surface area contributed by atoms with Crippen molar-refractivity contribution in [3.05, 3.63) is 75.8 Å². The highest BCUT2D eigenvalue weighted by molar-refractivity contribution is 6.04. The minimum atomic E-state index is -4.53. The summed E-state index contributed by atoms with van der Waals surface area (Å²) in [6.45, 7) is 1.33. The highest BCUT2D eigenvalue weighted by atomic mass is 19.4. The number of nitrogens with zero attached hydrogens (tertiary/aromatic N) is 2. The minimum absolute atomic E-state index is 0.0398. The van der Waals surface area contributed by atoms with Crippen LogP contribution in [0.1, 0.15) is 21.5 Å². The predicted molar refractivity (Wildman–Crippen MR) is 85.6 cm³/mol. The number of hydrogen-bond acceptors (Lipinski definition) is 3. The van der Waals surface area contributed by atoms with E-state index >= 15 is 0 Å². The Morgan fingerprint density at radius 3 is 2.68 bits per heavy atom. The van der Waals surface area contributed by atoms with Crippen molar-refractivity contribution >= 4 is 17.2 Å². The van der Waals surface area contributed by atoms with Crippen molar-refractivity contribution in [1.82, 2.24) is 9.38 Å². The van der Waals surface area contributed by atoms with E-state index in [0.717, 1.165) is 12.3 Å². The molecule has 0 saturated carbocycles. The number of pyridine rings is 1. The Hall–Kier alpha value is -3.16. The number of hydrogen-bond donors (Lipinski definition) is 1. The molecule has 2 aromatic heterocycles. The number of aromatic nitrogens is 2. The van der Waals surface area contributed by atoms with E-state index in [4.69, 9.17) is 0 Å². The third-order valence-electron chi connectivity index (χ3n) is 3.66.